The number of H-pyrrole nitrogens is 2. The lowest BCUT2D eigenvalue weighted by Crippen LogP contribution is -2.39. The Kier molecular flexibility index (Phi) is 4.41. The Balaban J connectivity index is 2.34. The molecule has 1 aromatic heterocycles. The molecular weight excluding hydrogens is 286 g/mol. The highest BCUT2D eigenvalue weighted by molar-refractivity contribution is 7.89. The maximum Gasteiger partial charge on any atom is 0.325 e. The van der Waals surface area contributed by atoms with E-state index in [0.29, 0.717) is 25.8 Å². The van der Waals surface area contributed by atoms with Crippen molar-refractivity contribution in [1.29, 1.82) is 0 Å². The van der Waals surface area contributed by atoms with Gasteiger partial charge in [0, 0.05) is 25.4 Å². The van der Waals surface area contributed by atoms with Crippen LogP contribution in [0.1, 0.15) is 25.7 Å². The largest absolute Gasteiger partial charge is 0.396 e. The van der Waals surface area contributed by atoms with Crippen LogP contribution in [0.2, 0.25) is 0 Å². The quantitative estimate of drug-likeness (QED) is 0.643. The first-order valence-electron chi connectivity index (χ1n) is 6.41. The number of nitrogens with one attached hydrogen (secondary N) is 2. The van der Waals surface area contributed by atoms with Crippen LogP contribution < -0.4 is 11.2 Å². The fourth-order valence-electron chi connectivity index (χ4n) is 2.46. The number of aromatic amines is 2. The summed E-state index contributed by atoms with van der Waals surface area (Å²) in [5.74, 6) is 0. The van der Waals surface area contributed by atoms with Crippen molar-refractivity contribution in [2.45, 2.75) is 36.6 Å². The van der Waals surface area contributed by atoms with Crippen molar-refractivity contribution < 1.29 is 13.5 Å². The summed E-state index contributed by atoms with van der Waals surface area (Å²) >= 11 is 0. The standard InChI is InChI=1S/C11H17N3O5S/c15-6-2-4-8-3-1-5-14(8)20(18,19)9-7-12-11(17)13-10(9)16/h7-8,15H,1-6H2,(H2,12,13,16,17). The van der Waals surface area contributed by atoms with E-state index in [1.165, 1.54) is 4.31 Å². The molecule has 1 saturated heterocycles. The molecule has 0 aliphatic carbocycles. The van der Waals surface area contributed by atoms with E-state index in [0.717, 1.165) is 12.6 Å². The van der Waals surface area contributed by atoms with Gasteiger partial charge in [-0.2, -0.15) is 4.31 Å². The number of hydrogen-bond acceptors (Lipinski definition) is 5. The van der Waals surface area contributed by atoms with E-state index in [9.17, 15) is 18.0 Å². The predicted molar refractivity (Wildman–Crippen MR) is 70.9 cm³/mol. The highest BCUT2D eigenvalue weighted by atomic mass is 32.2. The molecule has 0 aromatic carbocycles. The maximum absolute atomic E-state index is 12.5. The summed E-state index contributed by atoms with van der Waals surface area (Å²) in [5.41, 5.74) is -1.66. The molecule has 1 atom stereocenters. The van der Waals surface area contributed by atoms with E-state index in [4.69, 9.17) is 5.11 Å². The first-order valence-corrected chi connectivity index (χ1v) is 7.85. The van der Waals surface area contributed by atoms with Crippen LogP contribution in [-0.2, 0) is 10.0 Å². The molecule has 2 heterocycles. The zero-order chi connectivity index (χ0) is 14.8. The van der Waals surface area contributed by atoms with E-state index in [1.807, 2.05) is 4.98 Å². The van der Waals surface area contributed by atoms with Crippen LogP contribution in [0, 0.1) is 0 Å². The first-order chi connectivity index (χ1) is 9.46. The van der Waals surface area contributed by atoms with Gasteiger partial charge in [-0.15, -0.1) is 0 Å². The lowest BCUT2D eigenvalue weighted by molar-refractivity contribution is 0.264. The van der Waals surface area contributed by atoms with Gasteiger partial charge >= 0.3 is 5.69 Å². The fourth-order valence-corrected chi connectivity index (χ4v) is 4.17. The van der Waals surface area contributed by atoms with Crippen molar-refractivity contribution in [2.75, 3.05) is 13.2 Å². The number of aliphatic hydroxyl groups is 1. The number of aliphatic hydroxyl groups excluding tert-OH is 1. The van der Waals surface area contributed by atoms with Gasteiger partial charge in [-0.25, -0.2) is 13.2 Å². The number of nitrogens with zero attached hydrogens (tertiary/aromatic N) is 1. The molecule has 0 amide bonds. The summed E-state index contributed by atoms with van der Waals surface area (Å²) in [5, 5.41) is 8.84. The summed E-state index contributed by atoms with van der Waals surface area (Å²) in [6, 6.07) is -0.210. The van der Waals surface area contributed by atoms with Crippen LogP contribution in [0.25, 0.3) is 0 Å². The van der Waals surface area contributed by atoms with Gasteiger partial charge in [-0.05, 0) is 25.7 Å². The van der Waals surface area contributed by atoms with Gasteiger partial charge in [0.1, 0.15) is 0 Å². The average molecular weight is 303 g/mol. The predicted octanol–water partition coefficient (Wildman–Crippen LogP) is -1.01. The zero-order valence-corrected chi connectivity index (χ0v) is 11.6. The van der Waals surface area contributed by atoms with Gasteiger partial charge in [0.25, 0.3) is 5.56 Å². The molecule has 1 unspecified atom stereocenters. The molecule has 0 spiro atoms. The van der Waals surface area contributed by atoms with Crippen molar-refractivity contribution in [3.05, 3.63) is 27.0 Å². The topological polar surface area (TPSA) is 123 Å². The van der Waals surface area contributed by atoms with Gasteiger partial charge in [0.15, 0.2) is 4.90 Å². The number of rotatable bonds is 5. The maximum atomic E-state index is 12.5. The molecule has 20 heavy (non-hydrogen) atoms. The lowest BCUT2D eigenvalue weighted by atomic mass is 10.1. The Morgan fingerprint density at radius 3 is 2.80 bits per heavy atom. The van der Waals surface area contributed by atoms with Gasteiger partial charge in [0.2, 0.25) is 10.0 Å². The molecular formula is C11H17N3O5S. The van der Waals surface area contributed by atoms with E-state index >= 15 is 0 Å². The SMILES string of the molecule is O=c1[nH]cc(S(=O)(=O)N2CCCC2CCCO)c(=O)[nH]1. The van der Waals surface area contributed by atoms with Gasteiger partial charge < -0.3 is 10.1 Å². The monoisotopic (exact) mass is 303 g/mol. The van der Waals surface area contributed by atoms with Crippen molar-refractivity contribution in [3.8, 4) is 0 Å². The minimum atomic E-state index is -3.93. The summed E-state index contributed by atoms with van der Waals surface area (Å²) in [4.78, 5) is 26.2. The van der Waals surface area contributed by atoms with E-state index in [2.05, 4.69) is 4.98 Å². The highest BCUT2D eigenvalue weighted by Gasteiger charge is 2.36. The lowest BCUT2D eigenvalue weighted by Gasteiger charge is -2.23. The third kappa shape index (κ3) is 2.84. The zero-order valence-electron chi connectivity index (χ0n) is 10.8. The summed E-state index contributed by atoms with van der Waals surface area (Å²) < 4.78 is 26.2. The van der Waals surface area contributed by atoms with Crippen molar-refractivity contribution in [2.24, 2.45) is 0 Å². The number of hydrogen-bond donors (Lipinski definition) is 3. The molecule has 1 aliphatic heterocycles. The highest BCUT2D eigenvalue weighted by Crippen LogP contribution is 2.26. The Morgan fingerprint density at radius 2 is 2.15 bits per heavy atom. The summed E-state index contributed by atoms with van der Waals surface area (Å²) in [7, 11) is -3.93. The second-order valence-electron chi connectivity index (χ2n) is 4.71. The third-order valence-corrected chi connectivity index (χ3v) is 5.35. The molecule has 1 fully saturated rings. The normalized spacial score (nSPS) is 20.4. The molecule has 9 heteroatoms. The third-order valence-electron chi connectivity index (χ3n) is 3.39. The summed E-state index contributed by atoms with van der Waals surface area (Å²) in [6.07, 6.45) is 3.42. The van der Waals surface area contributed by atoms with Crippen molar-refractivity contribution in [3.63, 3.8) is 0 Å². The van der Waals surface area contributed by atoms with Gasteiger partial charge in [-0.3, -0.25) is 9.78 Å². The molecule has 0 bridgehead atoms. The number of aromatic nitrogens is 2. The Morgan fingerprint density at radius 1 is 1.40 bits per heavy atom. The number of sulfonamides is 1. The molecule has 3 N–H and O–H groups in total. The van der Waals surface area contributed by atoms with Crippen LogP contribution in [0.15, 0.2) is 20.7 Å². The molecule has 0 radical (unpaired) electrons. The Bertz CT molecular complexity index is 678. The first kappa shape index (κ1) is 14.9. The van der Waals surface area contributed by atoms with E-state index in [1.54, 1.807) is 0 Å². The van der Waals surface area contributed by atoms with Crippen LogP contribution in [0.4, 0.5) is 0 Å². The smallest absolute Gasteiger partial charge is 0.325 e. The van der Waals surface area contributed by atoms with Crippen molar-refractivity contribution >= 4 is 10.0 Å². The fraction of sp³-hybridized carbons (Fsp3) is 0.636. The molecule has 1 aromatic rings. The average Bonchev–Trinajstić information content (AvgIpc) is 2.84. The van der Waals surface area contributed by atoms with Gasteiger partial charge in [-0.1, -0.05) is 0 Å². The van der Waals surface area contributed by atoms with Gasteiger partial charge in [0.05, 0.1) is 0 Å². The second-order valence-corrected chi connectivity index (χ2v) is 6.57. The van der Waals surface area contributed by atoms with E-state index in [-0.39, 0.29) is 12.6 Å². The molecule has 8 nitrogen and oxygen atoms in total. The minimum Gasteiger partial charge on any atom is -0.396 e. The van der Waals surface area contributed by atoms with Crippen LogP contribution in [0.3, 0.4) is 0 Å². The Hall–Kier alpha value is -1.45. The van der Waals surface area contributed by atoms with Crippen LogP contribution in [0.5, 0.6) is 0 Å². The van der Waals surface area contributed by atoms with Crippen LogP contribution in [-0.4, -0.2) is 47.0 Å². The molecule has 1 aliphatic rings. The summed E-state index contributed by atoms with van der Waals surface area (Å²) in [6.45, 7) is 0.348. The second kappa shape index (κ2) is 5.90. The minimum absolute atomic E-state index is 0.00360. The van der Waals surface area contributed by atoms with E-state index < -0.39 is 26.2 Å². The van der Waals surface area contributed by atoms with Crippen molar-refractivity contribution in [1.82, 2.24) is 14.3 Å². The molecule has 112 valence electrons. The molecule has 2 rings (SSSR count). The Labute approximate surface area is 115 Å². The van der Waals surface area contributed by atoms with Crippen LogP contribution >= 0.6 is 0 Å². The molecule has 0 saturated carbocycles.